The molecule has 1 aliphatic rings. The van der Waals surface area contributed by atoms with Crippen LogP contribution in [0.25, 0.3) is 5.69 Å². The molecule has 0 spiro atoms. The molecule has 2 heterocycles. The number of halogens is 1. The van der Waals surface area contributed by atoms with Crippen molar-refractivity contribution in [3.63, 3.8) is 0 Å². The van der Waals surface area contributed by atoms with Crippen molar-refractivity contribution >= 4 is 17.5 Å². The normalized spacial score (nSPS) is 18.0. The van der Waals surface area contributed by atoms with Crippen molar-refractivity contribution in [2.75, 3.05) is 26.7 Å². The van der Waals surface area contributed by atoms with Gasteiger partial charge in [0, 0.05) is 24.3 Å². The number of nitrogens with one attached hydrogen (secondary N) is 1. The van der Waals surface area contributed by atoms with Gasteiger partial charge < -0.3 is 10.2 Å². The van der Waals surface area contributed by atoms with E-state index < -0.39 is 0 Å². The van der Waals surface area contributed by atoms with E-state index in [4.69, 9.17) is 11.6 Å². The van der Waals surface area contributed by atoms with Crippen molar-refractivity contribution in [1.29, 1.82) is 0 Å². The van der Waals surface area contributed by atoms with Crippen molar-refractivity contribution < 1.29 is 4.79 Å². The van der Waals surface area contributed by atoms with E-state index in [0.717, 1.165) is 37.4 Å². The van der Waals surface area contributed by atoms with Gasteiger partial charge in [-0.05, 0) is 63.5 Å². The van der Waals surface area contributed by atoms with Gasteiger partial charge in [-0.1, -0.05) is 11.6 Å². The number of hydrogen-bond donors (Lipinski definition) is 1. The summed E-state index contributed by atoms with van der Waals surface area (Å²) in [5.41, 5.74) is 2.33. The molecule has 0 radical (unpaired) electrons. The first-order valence-corrected chi connectivity index (χ1v) is 8.72. The molecule has 128 valence electrons. The highest BCUT2D eigenvalue weighted by Crippen LogP contribution is 2.21. The zero-order valence-corrected chi connectivity index (χ0v) is 14.9. The molecule has 0 aliphatic carbocycles. The fourth-order valence-electron chi connectivity index (χ4n) is 3.27. The molecule has 1 unspecified atom stereocenters. The number of piperidine rings is 1. The van der Waals surface area contributed by atoms with Crippen LogP contribution in [0.4, 0.5) is 0 Å². The molecule has 6 heteroatoms. The molecule has 24 heavy (non-hydrogen) atoms. The molecule has 1 aromatic carbocycles. The third kappa shape index (κ3) is 3.62. The van der Waals surface area contributed by atoms with Crippen LogP contribution in [-0.4, -0.2) is 47.3 Å². The van der Waals surface area contributed by atoms with E-state index in [-0.39, 0.29) is 5.91 Å². The summed E-state index contributed by atoms with van der Waals surface area (Å²) in [6.45, 7) is 4.47. The minimum Gasteiger partial charge on any atom is -0.338 e. The molecule has 1 aromatic heterocycles. The van der Waals surface area contributed by atoms with E-state index in [9.17, 15) is 4.79 Å². The summed E-state index contributed by atoms with van der Waals surface area (Å²) in [4.78, 5) is 14.9. The van der Waals surface area contributed by atoms with Gasteiger partial charge in [0.2, 0.25) is 0 Å². The molecule has 3 rings (SSSR count). The Labute approximate surface area is 147 Å². The minimum absolute atomic E-state index is 0.0773. The van der Waals surface area contributed by atoms with Gasteiger partial charge in [0.05, 0.1) is 16.9 Å². The van der Waals surface area contributed by atoms with Crippen molar-refractivity contribution in [3.05, 3.63) is 46.7 Å². The second-order valence-electron chi connectivity index (χ2n) is 6.37. The van der Waals surface area contributed by atoms with Crippen LogP contribution in [0.1, 0.15) is 28.9 Å². The number of carbonyl (C=O) groups excluding carboxylic acids is 1. The Morgan fingerprint density at radius 2 is 2.12 bits per heavy atom. The van der Waals surface area contributed by atoms with Crippen LogP contribution < -0.4 is 5.32 Å². The topological polar surface area (TPSA) is 50.2 Å². The van der Waals surface area contributed by atoms with Crippen molar-refractivity contribution in [2.45, 2.75) is 19.8 Å². The summed E-state index contributed by atoms with van der Waals surface area (Å²) >= 11 is 5.93. The molecule has 1 saturated heterocycles. The fraction of sp³-hybridized carbons (Fsp3) is 0.444. The zero-order valence-electron chi connectivity index (χ0n) is 14.1. The number of carbonyl (C=O) groups is 1. The summed E-state index contributed by atoms with van der Waals surface area (Å²) in [5, 5.41) is 8.39. The van der Waals surface area contributed by atoms with Crippen LogP contribution in [0.15, 0.2) is 30.5 Å². The number of benzene rings is 1. The summed E-state index contributed by atoms with van der Waals surface area (Å²) in [6, 6.07) is 7.44. The average Bonchev–Trinajstić information content (AvgIpc) is 2.97. The molecule has 2 aromatic rings. The third-order valence-corrected chi connectivity index (χ3v) is 4.77. The molecule has 1 aliphatic heterocycles. The predicted molar refractivity (Wildman–Crippen MR) is 95.9 cm³/mol. The van der Waals surface area contributed by atoms with Crippen LogP contribution in [0.3, 0.4) is 0 Å². The Hall–Kier alpha value is -1.85. The lowest BCUT2D eigenvalue weighted by atomic mass is 9.97. The highest BCUT2D eigenvalue weighted by Gasteiger charge is 2.26. The second-order valence-corrected chi connectivity index (χ2v) is 6.80. The average molecular weight is 347 g/mol. The molecule has 5 nitrogen and oxygen atoms in total. The fourth-order valence-corrected chi connectivity index (χ4v) is 3.40. The molecular weight excluding hydrogens is 324 g/mol. The predicted octanol–water partition coefficient (Wildman–Crippen LogP) is 2.91. The van der Waals surface area contributed by atoms with E-state index in [2.05, 4.69) is 10.4 Å². The first kappa shape index (κ1) is 17.0. The first-order valence-electron chi connectivity index (χ1n) is 8.34. The maximum atomic E-state index is 12.9. The Morgan fingerprint density at radius 3 is 2.83 bits per heavy atom. The van der Waals surface area contributed by atoms with Crippen LogP contribution >= 0.6 is 11.6 Å². The number of aryl methyl sites for hydroxylation is 1. The van der Waals surface area contributed by atoms with Crippen LogP contribution in [-0.2, 0) is 0 Å². The highest BCUT2D eigenvalue weighted by atomic mass is 35.5. The molecule has 1 N–H and O–H groups in total. The summed E-state index contributed by atoms with van der Waals surface area (Å²) in [5.74, 6) is 0.604. The highest BCUT2D eigenvalue weighted by molar-refractivity contribution is 6.30. The van der Waals surface area contributed by atoms with E-state index in [1.165, 1.54) is 6.42 Å². The zero-order chi connectivity index (χ0) is 17.1. The van der Waals surface area contributed by atoms with Gasteiger partial charge in [-0.3, -0.25) is 4.79 Å². The van der Waals surface area contributed by atoms with Crippen molar-refractivity contribution in [1.82, 2.24) is 20.0 Å². The molecular formula is C18H23ClN4O. The number of nitrogens with zero attached hydrogens (tertiary/aromatic N) is 3. The van der Waals surface area contributed by atoms with E-state index in [1.807, 2.05) is 49.3 Å². The molecule has 1 atom stereocenters. The lowest BCUT2D eigenvalue weighted by Crippen LogP contribution is -2.42. The van der Waals surface area contributed by atoms with Gasteiger partial charge in [0.25, 0.3) is 5.91 Å². The monoisotopic (exact) mass is 346 g/mol. The number of hydrogen-bond acceptors (Lipinski definition) is 3. The lowest BCUT2D eigenvalue weighted by molar-refractivity contribution is 0.0673. The molecule has 1 fully saturated rings. The second kappa shape index (κ2) is 7.36. The Morgan fingerprint density at radius 1 is 1.38 bits per heavy atom. The Kier molecular flexibility index (Phi) is 5.21. The van der Waals surface area contributed by atoms with Gasteiger partial charge in [-0.15, -0.1) is 0 Å². The van der Waals surface area contributed by atoms with Crippen molar-refractivity contribution in [3.8, 4) is 5.69 Å². The largest absolute Gasteiger partial charge is 0.338 e. The maximum Gasteiger partial charge on any atom is 0.257 e. The van der Waals surface area contributed by atoms with E-state index >= 15 is 0 Å². The van der Waals surface area contributed by atoms with Gasteiger partial charge in [-0.2, -0.15) is 5.10 Å². The van der Waals surface area contributed by atoms with Crippen LogP contribution in [0.2, 0.25) is 5.02 Å². The van der Waals surface area contributed by atoms with E-state index in [1.54, 1.807) is 4.68 Å². The maximum absolute atomic E-state index is 12.9. The standard InChI is InChI=1S/C18H23ClN4O/c1-13-17(12-23(21-13)16-7-5-15(19)6-8-16)18(24)22-9-3-4-14(11-22)10-20-2/h5-8,12,14,20H,3-4,9-11H2,1-2H3. The van der Waals surface area contributed by atoms with Gasteiger partial charge in [0.15, 0.2) is 0 Å². The van der Waals surface area contributed by atoms with Crippen LogP contribution in [0.5, 0.6) is 0 Å². The molecule has 0 bridgehead atoms. The van der Waals surface area contributed by atoms with E-state index in [0.29, 0.717) is 16.5 Å². The number of aromatic nitrogens is 2. The quantitative estimate of drug-likeness (QED) is 0.926. The van der Waals surface area contributed by atoms with Gasteiger partial charge >= 0.3 is 0 Å². The van der Waals surface area contributed by atoms with Gasteiger partial charge in [0.1, 0.15) is 0 Å². The Balaban J connectivity index is 1.79. The number of rotatable bonds is 4. The smallest absolute Gasteiger partial charge is 0.257 e. The molecule has 0 saturated carbocycles. The first-order chi connectivity index (χ1) is 11.6. The third-order valence-electron chi connectivity index (χ3n) is 4.52. The summed E-state index contributed by atoms with van der Waals surface area (Å²) in [7, 11) is 1.96. The molecule has 1 amide bonds. The number of likely N-dealkylation sites (tertiary alicyclic amines) is 1. The van der Waals surface area contributed by atoms with Crippen molar-refractivity contribution in [2.24, 2.45) is 5.92 Å². The number of amides is 1. The SMILES string of the molecule is CNCC1CCCN(C(=O)c2cn(-c3ccc(Cl)cc3)nc2C)C1. The lowest BCUT2D eigenvalue weighted by Gasteiger charge is -2.32. The van der Waals surface area contributed by atoms with Crippen LogP contribution in [0, 0.1) is 12.8 Å². The minimum atomic E-state index is 0.0773. The summed E-state index contributed by atoms with van der Waals surface area (Å²) < 4.78 is 1.74. The summed E-state index contributed by atoms with van der Waals surface area (Å²) in [6.07, 6.45) is 4.05. The van der Waals surface area contributed by atoms with Gasteiger partial charge in [-0.25, -0.2) is 4.68 Å². The Bertz CT molecular complexity index is 708.